The topological polar surface area (TPSA) is 12.0 Å². The van der Waals surface area contributed by atoms with Gasteiger partial charge in [-0.1, -0.05) is 34.1 Å². The largest absolute Gasteiger partial charge is 0.304 e. The van der Waals surface area contributed by atoms with Crippen LogP contribution in [0.4, 0.5) is 8.78 Å². The van der Waals surface area contributed by atoms with E-state index in [9.17, 15) is 8.78 Å². The van der Waals surface area contributed by atoms with Gasteiger partial charge < -0.3 is 5.32 Å². The van der Waals surface area contributed by atoms with Crippen molar-refractivity contribution in [1.29, 1.82) is 0 Å². The second-order valence-electron chi connectivity index (χ2n) is 4.84. The Hall–Kier alpha value is -1.26. The Morgan fingerprint density at radius 1 is 0.850 bits per heavy atom. The lowest BCUT2D eigenvalue weighted by molar-refractivity contribution is 0.480. The summed E-state index contributed by atoms with van der Waals surface area (Å²) >= 11 is 3.40. The summed E-state index contributed by atoms with van der Waals surface area (Å²) in [6, 6.07) is 12.1. The molecule has 0 heterocycles. The van der Waals surface area contributed by atoms with Crippen molar-refractivity contribution in [2.45, 2.75) is 25.9 Å². The van der Waals surface area contributed by atoms with Gasteiger partial charge in [-0.05, 0) is 49.2 Å². The van der Waals surface area contributed by atoms with Gasteiger partial charge in [0.1, 0.15) is 0 Å². The number of hydrogen-bond donors (Lipinski definition) is 1. The summed E-state index contributed by atoms with van der Waals surface area (Å²) < 4.78 is 27.2. The monoisotopic (exact) mass is 339 g/mol. The predicted octanol–water partition coefficient (Wildman–Crippen LogP) is 5.14. The van der Waals surface area contributed by atoms with E-state index in [1.54, 1.807) is 6.07 Å². The third kappa shape index (κ3) is 3.64. The highest BCUT2D eigenvalue weighted by molar-refractivity contribution is 9.10. The quantitative estimate of drug-likeness (QED) is 0.813. The van der Waals surface area contributed by atoms with Gasteiger partial charge >= 0.3 is 0 Å². The van der Waals surface area contributed by atoms with E-state index in [1.165, 1.54) is 6.07 Å². The average Bonchev–Trinajstić information content (AvgIpc) is 2.42. The van der Waals surface area contributed by atoms with Gasteiger partial charge in [-0.2, -0.15) is 0 Å². The molecule has 1 nitrogen and oxygen atoms in total. The fourth-order valence-electron chi connectivity index (χ4n) is 2.10. The van der Waals surface area contributed by atoms with Gasteiger partial charge in [0.05, 0.1) is 0 Å². The molecule has 2 aromatic carbocycles. The molecule has 0 radical (unpaired) electrons. The summed E-state index contributed by atoms with van der Waals surface area (Å²) in [6.45, 7) is 3.97. The standard InChI is InChI=1S/C16H16BrF2N/c1-10(12-3-6-14(17)7-4-12)20-11(2)13-5-8-15(18)16(19)9-13/h3-11,20H,1-2H3. The minimum absolute atomic E-state index is 0.0660. The van der Waals surface area contributed by atoms with Crippen LogP contribution in [-0.4, -0.2) is 0 Å². The highest BCUT2D eigenvalue weighted by Crippen LogP contribution is 2.22. The molecule has 106 valence electrons. The zero-order valence-electron chi connectivity index (χ0n) is 11.3. The van der Waals surface area contributed by atoms with Crippen molar-refractivity contribution < 1.29 is 8.78 Å². The zero-order chi connectivity index (χ0) is 14.7. The van der Waals surface area contributed by atoms with Crippen molar-refractivity contribution in [2.75, 3.05) is 0 Å². The van der Waals surface area contributed by atoms with Crippen LogP contribution in [0.2, 0.25) is 0 Å². The minimum Gasteiger partial charge on any atom is -0.304 e. The van der Waals surface area contributed by atoms with E-state index in [4.69, 9.17) is 0 Å². The van der Waals surface area contributed by atoms with Crippen LogP contribution in [0, 0.1) is 11.6 Å². The van der Waals surface area contributed by atoms with Crippen molar-refractivity contribution in [3.05, 3.63) is 69.7 Å². The average molecular weight is 340 g/mol. The lowest BCUT2D eigenvalue weighted by atomic mass is 10.0. The van der Waals surface area contributed by atoms with Crippen molar-refractivity contribution in [3.63, 3.8) is 0 Å². The van der Waals surface area contributed by atoms with Gasteiger partial charge in [0.2, 0.25) is 0 Å². The molecule has 2 atom stereocenters. The van der Waals surface area contributed by atoms with Crippen LogP contribution >= 0.6 is 15.9 Å². The molecule has 20 heavy (non-hydrogen) atoms. The van der Waals surface area contributed by atoms with E-state index in [0.717, 1.165) is 21.7 Å². The van der Waals surface area contributed by atoms with Crippen molar-refractivity contribution in [2.24, 2.45) is 0 Å². The van der Waals surface area contributed by atoms with Crippen LogP contribution in [0.25, 0.3) is 0 Å². The maximum Gasteiger partial charge on any atom is 0.159 e. The molecule has 0 fully saturated rings. The first kappa shape index (κ1) is 15.1. The third-order valence-corrected chi connectivity index (χ3v) is 3.84. The number of nitrogens with one attached hydrogen (secondary N) is 1. The van der Waals surface area contributed by atoms with Crippen LogP contribution in [0.1, 0.15) is 37.1 Å². The second kappa shape index (κ2) is 6.46. The van der Waals surface area contributed by atoms with Gasteiger partial charge in [-0.15, -0.1) is 0 Å². The molecule has 1 N–H and O–H groups in total. The van der Waals surface area contributed by atoms with E-state index in [2.05, 4.69) is 21.2 Å². The first-order valence-corrected chi connectivity index (χ1v) is 7.23. The molecule has 0 aliphatic rings. The normalized spacial score (nSPS) is 14.1. The Balaban J connectivity index is 2.08. The van der Waals surface area contributed by atoms with Crippen LogP contribution in [0.15, 0.2) is 46.9 Å². The fourth-order valence-corrected chi connectivity index (χ4v) is 2.36. The van der Waals surface area contributed by atoms with Gasteiger partial charge in [0.15, 0.2) is 11.6 Å². The van der Waals surface area contributed by atoms with Crippen molar-refractivity contribution in [1.82, 2.24) is 5.32 Å². The Bertz CT molecular complexity index is 584. The number of hydrogen-bond acceptors (Lipinski definition) is 1. The molecule has 0 bridgehead atoms. The Morgan fingerprint density at radius 3 is 2.00 bits per heavy atom. The first-order valence-electron chi connectivity index (χ1n) is 6.44. The van der Waals surface area contributed by atoms with Crippen LogP contribution in [0.5, 0.6) is 0 Å². The molecule has 0 aliphatic carbocycles. The second-order valence-corrected chi connectivity index (χ2v) is 5.75. The molecule has 0 amide bonds. The van der Waals surface area contributed by atoms with E-state index in [0.29, 0.717) is 0 Å². The summed E-state index contributed by atoms with van der Waals surface area (Å²) in [5.41, 5.74) is 1.87. The molecule has 2 aromatic rings. The van der Waals surface area contributed by atoms with E-state index in [1.807, 2.05) is 38.1 Å². The van der Waals surface area contributed by atoms with Gasteiger partial charge in [0.25, 0.3) is 0 Å². The SMILES string of the molecule is CC(NC(C)c1ccc(F)c(F)c1)c1ccc(Br)cc1. The summed E-state index contributed by atoms with van der Waals surface area (Å²) in [7, 11) is 0. The van der Waals surface area contributed by atoms with Gasteiger partial charge in [-0.3, -0.25) is 0 Å². The third-order valence-electron chi connectivity index (χ3n) is 3.31. The number of rotatable bonds is 4. The number of benzene rings is 2. The van der Waals surface area contributed by atoms with Gasteiger partial charge in [-0.25, -0.2) is 8.78 Å². The molecule has 2 rings (SSSR count). The molecule has 0 aromatic heterocycles. The van der Waals surface area contributed by atoms with Crippen molar-refractivity contribution >= 4 is 15.9 Å². The summed E-state index contributed by atoms with van der Waals surface area (Å²) in [5, 5.41) is 3.37. The number of halogens is 3. The predicted molar refractivity (Wildman–Crippen MR) is 80.5 cm³/mol. The molecular weight excluding hydrogens is 324 g/mol. The van der Waals surface area contributed by atoms with Crippen LogP contribution < -0.4 is 5.32 Å². The van der Waals surface area contributed by atoms with E-state index >= 15 is 0 Å². The minimum atomic E-state index is -0.818. The van der Waals surface area contributed by atoms with E-state index < -0.39 is 11.6 Å². The summed E-state index contributed by atoms with van der Waals surface area (Å²) in [4.78, 5) is 0. The summed E-state index contributed by atoms with van der Waals surface area (Å²) in [6.07, 6.45) is 0. The Labute approximate surface area is 126 Å². The lowest BCUT2D eigenvalue weighted by Gasteiger charge is -2.21. The smallest absolute Gasteiger partial charge is 0.159 e. The molecule has 0 saturated carbocycles. The van der Waals surface area contributed by atoms with Crippen LogP contribution in [-0.2, 0) is 0 Å². The lowest BCUT2D eigenvalue weighted by Crippen LogP contribution is -2.22. The molecule has 0 aliphatic heterocycles. The van der Waals surface area contributed by atoms with E-state index in [-0.39, 0.29) is 12.1 Å². The van der Waals surface area contributed by atoms with Gasteiger partial charge in [0, 0.05) is 16.6 Å². The van der Waals surface area contributed by atoms with Crippen LogP contribution in [0.3, 0.4) is 0 Å². The fraction of sp³-hybridized carbons (Fsp3) is 0.250. The molecule has 2 unspecified atom stereocenters. The summed E-state index contributed by atoms with van der Waals surface area (Å²) in [5.74, 6) is -1.63. The van der Waals surface area contributed by atoms with Crippen molar-refractivity contribution in [3.8, 4) is 0 Å². The molecular formula is C16H16BrF2N. The highest BCUT2D eigenvalue weighted by Gasteiger charge is 2.13. The molecule has 4 heteroatoms. The molecule has 0 saturated heterocycles. The molecule has 0 spiro atoms. The zero-order valence-corrected chi connectivity index (χ0v) is 12.9. The maximum atomic E-state index is 13.2. The first-order chi connectivity index (χ1) is 9.47. The highest BCUT2D eigenvalue weighted by atomic mass is 79.9. The maximum absolute atomic E-state index is 13.2. The Kier molecular flexibility index (Phi) is 4.89. The Morgan fingerprint density at radius 2 is 1.40 bits per heavy atom.